The lowest BCUT2D eigenvalue weighted by molar-refractivity contribution is -0.169. The molecule has 1 aromatic heterocycles. The molecular weight excluding hydrogens is 242 g/mol. The minimum Gasteiger partial charge on any atom is -0.465 e. The standard InChI is InChI=1S/C15H17NO3/c1-3-19-14(17)15(8-18-9-15)13-10(2)16-12-7-5-4-6-11(12)13/h4-7,16H,3,8-9H2,1-2H3. The van der Waals surface area contributed by atoms with Crippen molar-refractivity contribution in [1.82, 2.24) is 4.98 Å². The van der Waals surface area contributed by atoms with Crippen LogP contribution in [0.4, 0.5) is 0 Å². The van der Waals surface area contributed by atoms with Crippen molar-refractivity contribution in [2.75, 3.05) is 19.8 Å². The van der Waals surface area contributed by atoms with Crippen LogP contribution < -0.4 is 0 Å². The van der Waals surface area contributed by atoms with Crippen molar-refractivity contribution in [3.63, 3.8) is 0 Å². The number of hydrogen-bond donors (Lipinski definition) is 1. The zero-order valence-corrected chi connectivity index (χ0v) is 11.2. The number of aryl methyl sites for hydroxylation is 1. The molecule has 0 aliphatic carbocycles. The van der Waals surface area contributed by atoms with E-state index in [1.54, 1.807) is 0 Å². The van der Waals surface area contributed by atoms with Crippen molar-refractivity contribution in [3.8, 4) is 0 Å². The molecular formula is C15H17NO3. The molecule has 1 aromatic carbocycles. The summed E-state index contributed by atoms with van der Waals surface area (Å²) in [5, 5.41) is 1.08. The Hall–Kier alpha value is -1.81. The number of rotatable bonds is 3. The SMILES string of the molecule is CCOC(=O)C1(c2c(C)[nH]c3ccccc23)COC1. The van der Waals surface area contributed by atoms with Crippen molar-refractivity contribution in [1.29, 1.82) is 0 Å². The highest BCUT2D eigenvalue weighted by molar-refractivity contribution is 5.94. The molecule has 4 nitrogen and oxygen atoms in total. The molecule has 1 aliphatic rings. The van der Waals surface area contributed by atoms with Crippen LogP contribution in [0.2, 0.25) is 0 Å². The van der Waals surface area contributed by atoms with Crippen LogP contribution in [0.3, 0.4) is 0 Å². The van der Waals surface area contributed by atoms with Crippen LogP contribution in [0.1, 0.15) is 18.2 Å². The van der Waals surface area contributed by atoms with Crippen LogP contribution in [-0.4, -0.2) is 30.8 Å². The lowest BCUT2D eigenvalue weighted by Gasteiger charge is -2.39. The van der Waals surface area contributed by atoms with E-state index in [0.717, 1.165) is 22.2 Å². The Labute approximate surface area is 111 Å². The van der Waals surface area contributed by atoms with Gasteiger partial charge in [0.15, 0.2) is 0 Å². The molecule has 1 aliphatic heterocycles. The minimum atomic E-state index is -0.639. The predicted molar refractivity (Wildman–Crippen MR) is 72.2 cm³/mol. The molecule has 2 heterocycles. The van der Waals surface area contributed by atoms with E-state index >= 15 is 0 Å². The monoisotopic (exact) mass is 259 g/mol. The van der Waals surface area contributed by atoms with E-state index in [2.05, 4.69) is 4.98 Å². The fourth-order valence-electron chi connectivity index (χ4n) is 2.83. The Morgan fingerprint density at radius 2 is 2.16 bits per heavy atom. The Morgan fingerprint density at radius 3 is 2.79 bits per heavy atom. The zero-order chi connectivity index (χ0) is 13.5. The topological polar surface area (TPSA) is 51.3 Å². The van der Waals surface area contributed by atoms with Gasteiger partial charge in [-0.05, 0) is 19.9 Å². The lowest BCUT2D eigenvalue weighted by atomic mass is 9.77. The predicted octanol–water partition coefficient (Wildman–Crippen LogP) is 2.31. The fourth-order valence-corrected chi connectivity index (χ4v) is 2.83. The van der Waals surface area contributed by atoms with Gasteiger partial charge in [0.25, 0.3) is 0 Å². The molecule has 0 atom stereocenters. The molecule has 100 valence electrons. The number of carbonyl (C=O) groups is 1. The Kier molecular flexibility index (Phi) is 2.82. The molecule has 1 saturated heterocycles. The summed E-state index contributed by atoms with van der Waals surface area (Å²) in [6, 6.07) is 8.02. The van der Waals surface area contributed by atoms with Crippen LogP contribution in [0.5, 0.6) is 0 Å². The van der Waals surface area contributed by atoms with Gasteiger partial charge in [-0.25, -0.2) is 0 Å². The molecule has 4 heteroatoms. The normalized spacial score (nSPS) is 17.2. The first-order valence-corrected chi connectivity index (χ1v) is 6.52. The summed E-state index contributed by atoms with van der Waals surface area (Å²) in [5.41, 5.74) is 2.44. The Bertz CT molecular complexity index is 625. The third-order valence-electron chi connectivity index (χ3n) is 3.74. The first kappa shape index (κ1) is 12.2. The third-order valence-corrected chi connectivity index (χ3v) is 3.74. The van der Waals surface area contributed by atoms with Crippen molar-refractivity contribution < 1.29 is 14.3 Å². The molecule has 0 amide bonds. The van der Waals surface area contributed by atoms with E-state index in [0.29, 0.717) is 19.8 Å². The summed E-state index contributed by atoms with van der Waals surface area (Å²) in [4.78, 5) is 15.7. The maximum atomic E-state index is 12.3. The molecule has 1 N–H and O–H groups in total. The van der Waals surface area contributed by atoms with E-state index in [1.807, 2.05) is 38.1 Å². The lowest BCUT2D eigenvalue weighted by Crippen LogP contribution is -2.54. The van der Waals surface area contributed by atoms with Crippen LogP contribution >= 0.6 is 0 Å². The van der Waals surface area contributed by atoms with Crippen molar-refractivity contribution in [2.45, 2.75) is 19.3 Å². The van der Waals surface area contributed by atoms with E-state index in [1.165, 1.54) is 0 Å². The highest BCUT2D eigenvalue weighted by Gasteiger charge is 2.51. The van der Waals surface area contributed by atoms with Gasteiger partial charge in [0.1, 0.15) is 5.41 Å². The summed E-state index contributed by atoms with van der Waals surface area (Å²) in [6.45, 7) is 5.01. The molecule has 0 bridgehead atoms. The van der Waals surface area contributed by atoms with Gasteiger partial charge in [0.2, 0.25) is 0 Å². The van der Waals surface area contributed by atoms with E-state index in [-0.39, 0.29) is 5.97 Å². The van der Waals surface area contributed by atoms with Crippen LogP contribution in [0.15, 0.2) is 24.3 Å². The van der Waals surface area contributed by atoms with Crippen LogP contribution in [-0.2, 0) is 19.7 Å². The Morgan fingerprint density at radius 1 is 1.42 bits per heavy atom. The number of nitrogens with one attached hydrogen (secondary N) is 1. The van der Waals surface area contributed by atoms with Gasteiger partial charge >= 0.3 is 5.97 Å². The maximum Gasteiger partial charge on any atom is 0.321 e. The van der Waals surface area contributed by atoms with E-state index < -0.39 is 5.41 Å². The number of hydrogen-bond acceptors (Lipinski definition) is 3. The van der Waals surface area contributed by atoms with Gasteiger partial charge in [-0.2, -0.15) is 0 Å². The van der Waals surface area contributed by atoms with Crippen molar-refractivity contribution in [3.05, 3.63) is 35.5 Å². The number of carbonyl (C=O) groups excluding carboxylic acids is 1. The van der Waals surface area contributed by atoms with Gasteiger partial charge in [0, 0.05) is 22.2 Å². The third kappa shape index (κ3) is 1.67. The maximum absolute atomic E-state index is 12.3. The molecule has 0 radical (unpaired) electrons. The second-order valence-corrected chi connectivity index (χ2v) is 4.97. The average molecular weight is 259 g/mol. The molecule has 1 fully saturated rings. The van der Waals surface area contributed by atoms with Crippen LogP contribution in [0, 0.1) is 6.92 Å². The highest BCUT2D eigenvalue weighted by atomic mass is 16.6. The summed E-state index contributed by atoms with van der Waals surface area (Å²) in [5.74, 6) is -0.186. The largest absolute Gasteiger partial charge is 0.465 e. The Balaban J connectivity index is 2.16. The van der Waals surface area contributed by atoms with Gasteiger partial charge in [-0.1, -0.05) is 18.2 Å². The van der Waals surface area contributed by atoms with Gasteiger partial charge < -0.3 is 14.5 Å². The van der Waals surface area contributed by atoms with Gasteiger partial charge in [0.05, 0.1) is 19.8 Å². The van der Waals surface area contributed by atoms with Gasteiger partial charge in [-0.3, -0.25) is 4.79 Å². The first-order valence-electron chi connectivity index (χ1n) is 6.52. The van der Waals surface area contributed by atoms with Crippen molar-refractivity contribution >= 4 is 16.9 Å². The molecule has 0 saturated carbocycles. The molecule has 2 aromatic rings. The van der Waals surface area contributed by atoms with E-state index in [9.17, 15) is 4.79 Å². The number of aromatic nitrogens is 1. The summed E-state index contributed by atoms with van der Waals surface area (Å²) in [7, 11) is 0. The number of fused-ring (bicyclic) bond motifs is 1. The number of H-pyrrole nitrogens is 1. The smallest absolute Gasteiger partial charge is 0.321 e. The average Bonchev–Trinajstić information content (AvgIpc) is 2.66. The number of benzene rings is 1. The minimum absolute atomic E-state index is 0.186. The zero-order valence-electron chi connectivity index (χ0n) is 11.2. The number of ether oxygens (including phenoxy) is 2. The fraction of sp³-hybridized carbons (Fsp3) is 0.400. The molecule has 0 spiro atoms. The molecule has 0 unspecified atom stereocenters. The first-order chi connectivity index (χ1) is 9.19. The van der Waals surface area contributed by atoms with E-state index in [4.69, 9.17) is 9.47 Å². The number of aromatic amines is 1. The number of para-hydroxylation sites is 1. The summed E-state index contributed by atoms with van der Waals surface area (Å²) in [6.07, 6.45) is 0. The summed E-state index contributed by atoms with van der Waals surface area (Å²) >= 11 is 0. The van der Waals surface area contributed by atoms with Crippen LogP contribution in [0.25, 0.3) is 10.9 Å². The molecule has 3 rings (SSSR count). The summed E-state index contributed by atoms with van der Waals surface area (Å²) < 4.78 is 10.6. The molecule has 19 heavy (non-hydrogen) atoms. The second kappa shape index (κ2) is 4.38. The second-order valence-electron chi connectivity index (χ2n) is 4.97. The van der Waals surface area contributed by atoms with Crippen molar-refractivity contribution in [2.24, 2.45) is 0 Å². The van der Waals surface area contributed by atoms with Gasteiger partial charge in [-0.15, -0.1) is 0 Å². The number of esters is 1. The highest BCUT2D eigenvalue weighted by Crippen LogP contribution is 2.40. The quantitative estimate of drug-likeness (QED) is 0.860.